The summed E-state index contributed by atoms with van der Waals surface area (Å²) in [6, 6.07) is 12.8. The Labute approximate surface area is 132 Å². The Morgan fingerprint density at radius 3 is 2.33 bits per heavy atom. The molecule has 21 heavy (non-hydrogen) atoms. The van der Waals surface area contributed by atoms with E-state index in [4.69, 9.17) is 9.84 Å². The van der Waals surface area contributed by atoms with Gasteiger partial charge in [-0.15, -0.1) is 0 Å². The molecular formula is C17H17BrO3. The maximum Gasteiger partial charge on any atom is 0.336 e. The summed E-state index contributed by atoms with van der Waals surface area (Å²) in [5.74, 6) is 0.898. The molecule has 0 aliphatic carbocycles. The molecule has 2 rings (SSSR count). The Hall–Kier alpha value is -1.81. The lowest BCUT2D eigenvalue weighted by molar-refractivity contribution is 0.0696. The fraction of sp³-hybridized carbons (Fsp3) is 0.235. The zero-order valence-electron chi connectivity index (χ0n) is 12.0. The number of hydrogen-bond donors (Lipinski definition) is 1. The SMILES string of the molecule is CCC(C)c1ccc(Oc2ccc(C(=O)O)c(Br)c2)cc1. The van der Waals surface area contributed by atoms with Crippen LogP contribution in [0, 0.1) is 0 Å². The average molecular weight is 349 g/mol. The van der Waals surface area contributed by atoms with Gasteiger partial charge in [-0.2, -0.15) is 0 Å². The summed E-state index contributed by atoms with van der Waals surface area (Å²) in [6.07, 6.45) is 1.10. The first-order chi connectivity index (χ1) is 10.0. The number of ether oxygens (including phenoxy) is 1. The van der Waals surface area contributed by atoms with Gasteiger partial charge in [0, 0.05) is 4.47 Å². The lowest BCUT2D eigenvalue weighted by Gasteiger charge is -2.11. The van der Waals surface area contributed by atoms with Gasteiger partial charge in [-0.05, 0) is 64.2 Å². The number of rotatable bonds is 5. The topological polar surface area (TPSA) is 46.5 Å². The van der Waals surface area contributed by atoms with Gasteiger partial charge in [-0.1, -0.05) is 26.0 Å². The summed E-state index contributed by atoms with van der Waals surface area (Å²) < 4.78 is 6.24. The molecule has 0 aliphatic heterocycles. The Kier molecular flexibility index (Phi) is 5.02. The van der Waals surface area contributed by atoms with Crippen LogP contribution in [0.4, 0.5) is 0 Å². The second kappa shape index (κ2) is 6.76. The number of aromatic carboxylic acids is 1. The molecule has 0 fully saturated rings. The number of benzene rings is 2. The lowest BCUT2D eigenvalue weighted by Crippen LogP contribution is -1.97. The highest BCUT2D eigenvalue weighted by molar-refractivity contribution is 9.10. The predicted octanol–water partition coefficient (Wildman–Crippen LogP) is 5.45. The maximum atomic E-state index is 11.0. The Balaban J connectivity index is 2.15. The predicted molar refractivity (Wildman–Crippen MR) is 86.3 cm³/mol. The first kappa shape index (κ1) is 15.6. The van der Waals surface area contributed by atoms with Gasteiger partial charge in [0.1, 0.15) is 11.5 Å². The van der Waals surface area contributed by atoms with Crippen LogP contribution in [0.1, 0.15) is 42.1 Å². The van der Waals surface area contributed by atoms with Crippen molar-refractivity contribution in [2.24, 2.45) is 0 Å². The highest BCUT2D eigenvalue weighted by Crippen LogP contribution is 2.28. The molecule has 0 aromatic heterocycles. The van der Waals surface area contributed by atoms with Crippen LogP contribution in [0.5, 0.6) is 11.5 Å². The Bertz CT molecular complexity index is 635. The van der Waals surface area contributed by atoms with Crippen molar-refractivity contribution in [3.63, 3.8) is 0 Å². The molecule has 0 amide bonds. The highest BCUT2D eigenvalue weighted by Gasteiger charge is 2.09. The molecule has 2 aromatic rings. The molecule has 3 nitrogen and oxygen atoms in total. The second-order valence-corrected chi connectivity index (χ2v) is 5.78. The first-order valence-corrected chi connectivity index (χ1v) is 7.61. The van der Waals surface area contributed by atoms with E-state index in [9.17, 15) is 4.79 Å². The monoisotopic (exact) mass is 348 g/mol. The Morgan fingerprint density at radius 1 is 1.19 bits per heavy atom. The van der Waals surface area contributed by atoms with E-state index < -0.39 is 5.97 Å². The van der Waals surface area contributed by atoms with Crippen molar-refractivity contribution in [3.05, 3.63) is 58.1 Å². The molecule has 1 atom stereocenters. The molecule has 0 heterocycles. The fourth-order valence-corrected chi connectivity index (χ4v) is 2.50. The molecule has 110 valence electrons. The Morgan fingerprint density at radius 2 is 1.81 bits per heavy atom. The highest BCUT2D eigenvalue weighted by atomic mass is 79.9. The number of halogens is 1. The van der Waals surface area contributed by atoms with E-state index in [2.05, 4.69) is 41.9 Å². The quantitative estimate of drug-likeness (QED) is 0.780. The van der Waals surface area contributed by atoms with Crippen LogP contribution in [0.25, 0.3) is 0 Å². The third-order valence-electron chi connectivity index (χ3n) is 3.47. The molecule has 1 unspecified atom stereocenters. The van der Waals surface area contributed by atoms with Crippen molar-refractivity contribution in [1.82, 2.24) is 0 Å². The summed E-state index contributed by atoms with van der Waals surface area (Å²) in [5.41, 5.74) is 1.50. The summed E-state index contributed by atoms with van der Waals surface area (Å²) in [6.45, 7) is 4.36. The minimum atomic E-state index is -0.966. The smallest absolute Gasteiger partial charge is 0.336 e. The standard InChI is InChI=1S/C17H17BrO3/c1-3-11(2)12-4-6-13(7-5-12)21-14-8-9-15(17(19)20)16(18)10-14/h4-11H,3H2,1-2H3,(H,19,20). The minimum absolute atomic E-state index is 0.217. The van der Waals surface area contributed by atoms with Crippen molar-refractivity contribution in [2.45, 2.75) is 26.2 Å². The number of carbonyl (C=O) groups is 1. The van der Waals surface area contributed by atoms with Gasteiger partial charge >= 0.3 is 5.97 Å². The molecule has 0 aliphatic rings. The van der Waals surface area contributed by atoms with Crippen molar-refractivity contribution in [3.8, 4) is 11.5 Å². The molecule has 0 radical (unpaired) electrons. The van der Waals surface area contributed by atoms with Crippen LogP contribution in [0.15, 0.2) is 46.9 Å². The molecule has 0 spiro atoms. The number of carboxylic acids is 1. The van der Waals surface area contributed by atoms with Gasteiger partial charge in [0.05, 0.1) is 5.56 Å². The largest absolute Gasteiger partial charge is 0.478 e. The van der Waals surface area contributed by atoms with E-state index in [-0.39, 0.29) is 5.56 Å². The van der Waals surface area contributed by atoms with Crippen molar-refractivity contribution >= 4 is 21.9 Å². The third-order valence-corrected chi connectivity index (χ3v) is 4.12. The van der Waals surface area contributed by atoms with Gasteiger partial charge in [0.25, 0.3) is 0 Å². The number of hydrogen-bond acceptors (Lipinski definition) is 2. The summed E-state index contributed by atoms with van der Waals surface area (Å²) in [4.78, 5) is 11.0. The van der Waals surface area contributed by atoms with Crippen molar-refractivity contribution < 1.29 is 14.6 Å². The fourth-order valence-electron chi connectivity index (χ4n) is 1.97. The van der Waals surface area contributed by atoms with Crippen molar-refractivity contribution in [2.75, 3.05) is 0 Å². The van der Waals surface area contributed by atoms with Crippen molar-refractivity contribution in [1.29, 1.82) is 0 Å². The van der Waals surface area contributed by atoms with Gasteiger partial charge < -0.3 is 9.84 Å². The zero-order valence-corrected chi connectivity index (χ0v) is 13.6. The molecular weight excluding hydrogens is 332 g/mol. The molecule has 0 saturated carbocycles. The van der Waals surface area contributed by atoms with E-state index in [1.807, 2.05) is 12.1 Å². The maximum absolute atomic E-state index is 11.0. The van der Waals surface area contributed by atoms with Gasteiger partial charge in [0.15, 0.2) is 0 Å². The normalized spacial score (nSPS) is 12.0. The lowest BCUT2D eigenvalue weighted by atomic mass is 9.99. The van der Waals surface area contributed by atoms with E-state index in [0.717, 1.165) is 12.2 Å². The zero-order chi connectivity index (χ0) is 15.4. The second-order valence-electron chi connectivity index (χ2n) is 4.93. The van der Waals surface area contributed by atoms with E-state index in [1.165, 1.54) is 11.6 Å². The first-order valence-electron chi connectivity index (χ1n) is 6.82. The van der Waals surface area contributed by atoms with Crippen LogP contribution in [-0.2, 0) is 0 Å². The minimum Gasteiger partial charge on any atom is -0.478 e. The molecule has 1 N–H and O–H groups in total. The average Bonchev–Trinajstić information content (AvgIpc) is 2.47. The van der Waals surface area contributed by atoms with Gasteiger partial charge in [0.2, 0.25) is 0 Å². The van der Waals surface area contributed by atoms with Crippen LogP contribution >= 0.6 is 15.9 Å². The number of carboxylic acid groups (broad SMARTS) is 1. The summed E-state index contributed by atoms with van der Waals surface area (Å²) in [7, 11) is 0. The van der Waals surface area contributed by atoms with Crippen LogP contribution in [0.3, 0.4) is 0 Å². The molecule has 0 saturated heterocycles. The molecule has 0 bridgehead atoms. The van der Waals surface area contributed by atoms with Crippen LogP contribution in [-0.4, -0.2) is 11.1 Å². The summed E-state index contributed by atoms with van der Waals surface area (Å²) in [5, 5.41) is 8.98. The van der Waals surface area contributed by atoms with Crippen LogP contribution in [0.2, 0.25) is 0 Å². The van der Waals surface area contributed by atoms with Crippen LogP contribution < -0.4 is 4.74 Å². The molecule has 2 aromatic carbocycles. The summed E-state index contributed by atoms with van der Waals surface area (Å²) >= 11 is 3.24. The van der Waals surface area contributed by atoms with Gasteiger partial charge in [-0.3, -0.25) is 0 Å². The van der Waals surface area contributed by atoms with E-state index in [0.29, 0.717) is 16.1 Å². The third kappa shape index (κ3) is 3.85. The van der Waals surface area contributed by atoms with Gasteiger partial charge in [-0.25, -0.2) is 4.79 Å². The molecule has 4 heteroatoms. The van der Waals surface area contributed by atoms with E-state index >= 15 is 0 Å². The van der Waals surface area contributed by atoms with E-state index in [1.54, 1.807) is 12.1 Å².